The molecule has 0 aromatic carbocycles. The Balaban J connectivity index is 2.22. The van der Waals surface area contributed by atoms with Crippen molar-refractivity contribution < 1.29 is 13.9 Å². The summed E-state index contributed by atoms with van der Waals surface area (Å²) < 4.78 is 24.8. The van der Waals surface area contributed by atoms with Crippen LogP contribution in [-0.2, 0) is 9.47 Å². The van der Waals surface area contributed by atoms with Crippen LogP contribution in [0.2, 0.25) is 0 Å². The molecule has 1 aliphatic heterocycles. The monoisotopic (exact) mass is 273 g/mol. The van der Waals surface area contributed by atoms with Crippen molar-refractivity contribution in [3.8, 4) is 0 Å². The van der Waals surface area contributed by atoms with Gasteiger partial charge >= 0.3 is 5.69 Å². The van der Waals surface area contributed by atoms with Gasteiger partial charge in [-0.15, -0.1) is 11.8 Å². The second kappa shape index (κ2) is 4.99. The standard InChI is InChI=1S/C10H12FN3O3S/c1-5(16-2)9-17-7(4-18-9)14-3-6(11)8(12)13-10(14)15/h3,7,9H,1,4H2,2H3,(H2,12,13,15)/t7?,9-/m1/s1. The van der Waals surface area contributed by atoms with Gasteiger partial charge in [0, 0.05) is 5.75 Å². The van der Waals surface area contributed by atoms with E-state index in [0.717, 1.165) is 10.8 Å². The highest BCUT2D eigenvalue weighted by molar-refractivity contribution is 8.00. The molecule has 2 heterocycles. The van der Waals surface area contributed by atoms with Crippen molar-refractivity contribution in [2.75, 3.05) is 18.6 Å². The van der Waals surface area contributed by atoms with Crippen LogP contribution in [0.1, 0.15) is 6.23 Å². The third-order valence-electron chi connectivity index (χ3n) is 2.44. The van der Waals surface area contributed by atoms with Crippen LogP contribution >= 0.6 is 11.8 Å². The van der Waals surface area contributed by atoms with E-state index < -0.39 is 23.6 Å². The van der Waals surface area contributed by atoms with Crippen molar-refractivity contribution in [1.82, 2.24) is 9.55 Å². The maximum atomic E-state index is 13.3. The van der Waals surface area contributed by atoms with Crippen LogP contribution in [0.4, 0.5) is 10.2 Å². The first kappa shape index (κ1) is 12.9. The Morgan fingerprint density at radius 1 is 1.83 bits per heavy atom. The van der Waals surface area contributed by atoms with E-state index in [1.165, 1.54) is 18.9 Å². The van der Waals surface area contributed by atoms with E-state index in [1.54, 1.807) is 0 Å². The van der Waals surface area contributed by atoms with Gasteiger partial charge in [0.15, 0.2) is 17.1 Å². The van der Waals surface area contributed by atoms with Gasteiger partial charge in [-0.05, 0) is 0 Å². The molecule has 2 atom stereocenters. The molecule has 0 amide bonds. The summed E-state index contributed by atoms with van der Waals surface area (Å²) in [6.07, 6.45) is 0.385. The number of halogens is 1. The molecule has 1 aromatic rings. The number of hydrogen-bond donors (Lipinski definition) is 1. The van der Waals surface area contributed by atoms with Gasteiger partial charge in [-0.2, -0.15) is 4.98 Å². The Labute approximate surface area is 107 Å². The Hall–Kier alpha value is -1.54. The maximum Gasteiger partial charge on any atom is 0.351 e. The largest absolute Gasteiger partial charge is 0.498 e. The van der Waals surface area contributed by atoms with Crippen molar-refractivity contribution in [3.63, 3.8) is 0 Å². The molecular weight excluding hydrogens is 261 g/mol. The molecule has 0 aliphatic carbocycles. The summed E-state index contributed by atoms with van der Waals surface area (Å²) in [6, 6.07) is 0. The van der Waals surface area contributed by atoms with Gasteiger partial charge in [-0.25, -0.2) is 9.18 Å². The van der Waals surface area contributed by atoms with Gasteiger partial charge in [0.05, 0.1) is 13.3 Å². The SMILES string of the molecule is C=C(OC)[C@@H]1OC(n2cc(F)c(N)nc2=O)CS1. The molecule has 8 heteroatoms. The Bertz CT molecular complexity index is 534. The molecule has 0 radical (unpaired) electrons. The van der Waals surface area contributed by atoms with Crippen molar-refractivity contribution in [2.24, 2.45) is 0 Å². The zero-order valence-corrected chi connectivity index (χ0v) is 10.4. The van der Waals surface area contributed by atoms with E-state index in [4.69, 9.17) is 15.2 Å². The van der Waals surface area contributed by atoms with Gasteiger partial charge < -0.3 is 15.2 Å². The minimum atomic E-state index is -0.753. The van der Waals surface area contributed by atoms with Gasteiger partial charge in [-0.3, -0.25) is 4.57 Å². The number of hydrogen-bond acceptors (Lipinski definition) is 6. The number of ether oxygens (including phenoxy) is 2. The number of aromatic nitrogens is 2. The molecule has 18 heavy (non-hydrogen) atoms. The minimum Gasteiger partial charge on any atom is -0.498 e. The number of thioether (sulfide) groups is 1. The zero-order valence-electron chi connectivity index (χ0n) is 9.63. The van der Waals surface area contributed by atoms with Gasteiger partial charge in [0.2, 0.25) is 0 Å². The van der Waals surface area contributed by atoms with E-state index >= 15 is 0 Å². The number of methoxy groups -OCH3 is 1. The van der Waals surface area contributed by atoms with Crippen LogP contribution in [-0.4, -0.2) is 27.8 Å². The highest BCUT2D eigenvalue weighted by Crippen LogP contribution is 2.34. The predicted molar refractivity (Wildman–Crippen MR) is 65.4 cm³/mol. The van der Waals surface area contributed by atoms with Crippen LogP contribution in [0.15, 0.2) is 23.3 Å². The summed E-state index contributed by atoms with van der Waals surface area (Å²) in [4.78, 5) is 15.0. The molecular formula is C10H12FN3O3S. The first-order valence-corrected chi connectivity index (χ1v) is 6.12. The molecule has 98 valence electrons. The number of anilines is 1. The lowest BCUT2D eigenvalue weighted by molar-refractivity contribution is 0.0102. The summed E-state index contributed by atoms with van der Waals surface area (Å²) in [5.74, 6) is -0.255. The van der Waals surface area contributed by atoms with Crippen molar-refractivity contribution in [3.05, 3.63) is 34.8 Å². The zero-order chi connectivity index (χ0) is 13.3. The maximum absolute atomic E-state index is 13.3. The normalized spacial score (nSPS) is 23.0. The topological polar surface area (TPSA) is 79.4 Å². The fourth-order valence-corrected chi connectivity index (χ4v) is 2.53. The fourth-order valence-electron chi connectivity index (χ4n) is 1.47. The number of nitrogens with two attached hydrogens (primary N) is 1. The Morgan fingerprint density at radius 3 is 3.22 bits per heavy atom. The molecule has 2 rings (SSSR count). The van der Waals surface area contributed by atoms with Crippen molar-refractivity contribution in [2.45, 2.75) is 11.7 Å². The number of nitrogen functional groups attached to an aromatic ring is 1. The van der Waals surface area contributed by atoms with E-state index in [0.29, 0.717) is 11.5 Å². The van der Waals surface area contributed by atoms with Gasteiger partial charge in [0.25, 0.3) is 0 Å². The lowest BCUT2D eigenvalue weighted by atomic mass is 10.5. The molecule has 1 aromatic heterocycles. The van der Waals surface area contributed by atoms with Crippen molar-refractivity contribution in [1.29, 1.82) is 0 Å². The molecule has 1 saturated heterocycles. The van der Waals surface area contributed by atoms with Gasteiger partial charge in [0.1, 0.15) is 12.0 Å². The van der Waals surface area contributed by atoms with Crippen LogP contribution in [0.3, 0.4) is 0 Å². The van der Waals surface area contributed by atoms with E-state index in [1.807, 2.05) is 0 Å². The highest BCUT2D eigenvalue weighted by Gasteiger charge is 2.30. The average molecular weight is 273 g/mol. The molecule has 6 nitrogen and oxygen atoms in total. The molecule has 1 aliphatic rings. The minimum absolute atomic E-state index is 0.382. The average Bonchev–Trinajstić information content (AvgIpc) is 2.82. The molecule has 2 N–H and O–H groups in total. The molecule has 0 bridgehead atoms. The third-order valence-corrected chi connectivity index (χ3v) is 3.59. The summed E-state index contributed by atoms with van der Waals surface area (Å²) in [5, 5.41) is 0. The van der Waals surface area contributed by atoms with Crippen molar-refractivity contribution >= 4 is 17.6 Å². The fraction of sp³-hybridized carbons (Fsp3) is 0.400. The summed E-state index contributed by atoms with van der Waals surface area (Å²) in [6.45, 7) is 3.67. The number of nitrogens with zero attached hydrogens (tertiary/aromatic N) is 2. The lowest BCUT2D eigenvalue weighted by Gasteiger charge is -2.15. The molecule has 0 spiro atoms. The second-order valence-corrected chi connectivity index (χ2v) is 4.69. The quantitative estimate of drug-likeness (QED) is 0.817. The molecule has 0 saturated carbocycles. The predicted octanol–water partition coefficient (Wildman–Crippen LogP) is 0.713. The van der Waals surface area contributed by atoms with E-state index in [-0.39, 0.29) is 5.44 Å². The summed E-state index contributed by atoms with van der Waals surface area (Å²) >= 11 is 1.41. The van der Waals surface area contributed by atoms with E-state index in [9.17, 15) is 9.18 Å². The van der Waals surface area contributed by atoms with Crippen LogP contribution in [0, 0.1) is 5.82 Å². The van der Waals surface area contributed by atoms with Crippen LogP contribution < -0.4 is 11.4 Å². The first-order chi connectivity index (χ1) is 8.52. The Kier molecular flexibility index (Phi) is 3.58. The second-order valence-electron chi connectivity index (χ2n) is 3.59. The van der Waals surface area contributed by atoms with Gasteiger partial charge in [-0.1, -0.05) is 6.58 Å². The first-order valence-electron chi connectivity index (χ1n) is 5.07. The van der Waals surface area contributed by atoms with Crippen LogP contribution in [0.5, 0.6) is 0 Å². The van der Waals surface area contributed by atoms with E-state index in [2.05, 4.69) is 11.6 Å². The molecule has 1 unspecified atom stereocenters. The smallest absolute Gasteiger partial charge is 0.351 e. The lowest BCUT2D eigenvalue weighted by Crippen LogP contribution is -2.29. The highest BCUT2D eigenvalue weighted by atomic mass is 32.2. The summed E-state index contributed by atoms with van der Waals surface area (Å²) in [5.41, 5.74) is 4.17. The number of rotatable bonds is 3. The Morgan fingerprint density at radius 2 is 2.56 bits per heavy atom. The molecule has 1 fully saturated rings. The third kappa shape index (κ3) is 2.34. The summed E-state index contributed by atoms with van der Waals surface area (Å²) in [7, 11) is 1.48. The van der Waals surface area contributed by atoms with Crippen LogP contribution in [0.25, 0.3) is 0 Å².